The number of rotatable bonds is 5. The minimum Gasteiger partial charge on any atom is -0.350 e. The van der Waals surface area contributed by atoms with Gasteiger partial charge in [0.05, 0.1) is 5.56 Å². The average Bonchev–Trinajstić information content (AvgIpc) is 2.35. The number of nitrogens with one attached hydrogen (secondary N) is 1. The van der Waals surface area contributed by atoms with Crippen LogP contribution in [0.4, 0.5) is 0 Å². The molecule has 19 heavy (non-hydrogen) atoms. The minimum absolute atomic E-state index is 0. The Morgan fingerprint density at radius 3 is 2.42 bits per heavy atom. The van der Waals surface area contributed by atoms with E-state index in [1.54, 1.807) is 12.3 Å². The molecule has 0 aliphatic heterocycles. The first kappa shape index (κ1) is 20.9. The number of aromatic nitrogens is 1. The third-order valence-corrected chi connectivity index (χ3v) is 3.41. The highest BCUT2D eigenvalue weighted by Gasteiger charge is 2.21. The second-order valence-electron chi connectivity index (χ2n) is 4.14. The van der Waals surface area contributed by atoms with Crippen molar-refractivity contribution < 1.29 is 4.79 Å². The predicted octanol–water partition coefficient (Wildman–Crippen LogP) is 2.94. The first-order valence-electron chi connectivity index (χ1n) is 5.68. The van der Waals surface area contributed by atoms with E-state index in [-0.39, 0.29) is 36.3 Å². The fourth-order valence-electron chi connectivity index (χ4n) is 1.39. The van der Waals surface area contributed by atoms with Gasteiger partial charge in [-0.15, -0.1) is 24.8 Å². The van der Waals surface area contributed by atoms with Gasteiger partial charge in [-0.05, 0) is 34.8 Å². The Kier molecular flexibility index (Phi) is 10.5. The molecular formula is C12H20BrCl2N3O. The second kappa shape index (κ2) is 9.53. The van der Waals surface area contributed by atoms with Gasteiger partial charge in [0.25, 0.3) is 5.91 Å². The number of hydrogen-bond acceptors (Lipinski definition) is 3. The van der Waals surface area contributed by atoms with Crippen molar-refractivity contribution in [2.24, 2.45) is 5.73 Å². The molecule has 1 aromatic rings. The van der Waals surface area contributed by atoms with E-state index in [1.807, 2.05) is 13.8 Å². The zero-order chi connectivity index (χ0) is 12.9. The maximum Gasteiger partial charge on any atom is 0.252 e. The number of carbonyl (C=O) groups excluding carboxylic acids is 1. The smallest absolute Gasteiger partial charge is 0.252 e. The summed E-state index contributed by atoms with van der Waals surface area (Å²) in [7, 11) is 0. The van der Waals surface area contributed by atoms with Crippen LogP contribution in [0.1, 0.15) is 37.0 Å². The molecule has 0 bridgehead atoms. The first-order valence-corrected chi connectivity index (χ1v) is 6.47. The molecule has 1 aromatic heterocycles. The molecule has 1 amide bonds. The van der Waals surface area contributed by atoms with E-state index in [1.165, 1.54) is 6.20 Å². The van der Waals surface area contributed by atoms with Crippen LogP contribution in [0, 0.1) is 0 Å². The van der Waals surface area contributed by atoms with Crippen LogP contribution in [0.3, 0.4) is 0 Å². The molecule has 7 heteroatoms. The van der Waals surface area contributed by atoms with Gasteiger partial charge in [-0.1, -0.05) is 13.8 Å². The van der Waals surface area contributed by atoms with Crippen LogP contribution in [-0.4, -0.2) is 23.0 Å². The summed E-state index contributed by atoms with van der Waals surface area (Å²) in [6.07, 6.45) is 4.85. The van der Waals surface area contributed by atoms with Crippen LogP contribution in [-0.2, 0) is 0 Å². The maximum absolute atomic E-state index is 11.8. The molecule has 0 saturated carbocycles. The number of halogens is 3. The van der Waals surface area contributed by atoms with Crippen molar-refractivity contribution in [3.63, 3.8) is 0 Å². The van der Waals surface area contributed by atoms with Crippen molar-refractivity contribution in [3.8, 4) is 0 Å². The second-order valence-corrected chi connectivity index (χ2v) is 5.06. The number of nitrogens with two attached hydrogens (primary N) is 1. The van der Waals surface area contributed by atoms with Gasteiger partial charge >= 0.3 is 0 Å². The van der Waals surface area contributed by atoms with Crippen molar-refractivity contribution in [2.45, 2.75) is 32.2 Å². The summed E-state index contributed by atoms with van der Waals surface area (Å²) in [4.78, 5) is 15.8. The van der Waals surface area contributed by atoms with E-state index in [0.717, 1.165) is 17.3 Å². The van der Waals surface area contributed by atoms with Crippen molar-refractivity contribution in [3.05, 3.63) is 28.5 Å². The Balaban J connectivity index is 0. The molecule has 0 aliphatic carbocycles. The molecule has 4 nitrogen and oxygen atoms in total. The molecule has 0 radical (unpaired) electrons. The molecule has 0 atom stereocenters. The van der Waals surface area contributed by atoms with Gasteiger partial charge < -0.3 is 11.1 Å². The third kappa shape index (κ3) is 6.56. The van der Waals surface area contributed by atoms with Crippen LogP contribution >= 0.6 is 40.7 Å². The van der Waals surface area contributed by atoms with Crippen LogP contribution in [0.5, 0.6) is 0 Å². The van der Waals surface area contributed by atoms with E-state index >= 15 is 0 Å². The lowest BCUT2D eigenvalue weighted by atomic mass is 9.94. The summed E-state index contributed by atoms with van der Waals surface area (Å²) in [5.41, 5.74) is 6.32. The van der Waals surface area contributed by atoms with Crippen LogP contribution in [0.15, 0.2) is 22.9 Å². The highest BCUT2D eigenvalue weighted by Crippen LogP contribution is 2.11. The molecule has 1 heterocycles. The Hall–Kier alpha value is -0.360. The quantitative estimate of drug-likeness (QED) is 0.834. The van der Waals surface area contributed by atoms with Gasteiger partial charge in [-0.2, -0.15) is 0 Å². The van der Waals surface area contributed by atoms with Crippen LogP contribution in [0.25, 0.3) is 0 Å². The molecular weight excluding hydrogens is 353 g/mol. The Morgan fingerprint density at radius 2 is 1.95 bits per heavy atom. The molecule has 110 valence electrons. The van der Waals surface area contributed by atoms with Crippen molar-refractivity contribution >= 4 is 46.7 Å². The van der Waals surface area contributed by atoms with Crippen molar-refractivity contribution in [1.82, 2.24) is 10.3 Å². The SMILES string of the molecule is CCC(N)(CC)CNC(=O)c1cncc(Br)c1.Cl.Cl. The number of hydrogen-bond donors (Lipinski definition) is 2. The highest BCUT2D eigenvalue weighted by atomic mass is 79.9. The molecule has 0 spiro atoms. The van der Waals surface area contributed by atoms with Gasteiger partial charge in [0.2, 0.25) is 0 Å². The topological polar surface area (TPSA) is 68.0 Å². The van der Waals surface area contributed by atoms with Gasteiger partial charge in [0, 0.05) is 29.0 Å². The van der Waals surface area contributed by atoms with E-state index in [0.29, 0.717) is 12.1 Å². The Bertz CT molecular complexity index is 400. The summed E-state index contributed by atoms with van der Waals surface area (Å²) >= 11 is 3.28. The van der Waals surface area contributed by atoms with Crippen molar-refractivity contribution in [2.75, 3.05) is 6.54 Å². The van der Waals surface area contributed by atoms with Crippen LogP contribution in [0.2, 0.25) is 0 Å². The molecule has 0 fully saturated rings. The average molecular weight is 373 g/mol. The van der Waals surface area contributed by atoms with Gasteiger partial charge in [-0.3, -0.25) is 9.78 Å². The summed E-state index contributed by atoms with van der Waals surface area (Å²) in [5, 5.41) is 2.84. The fraction of sp³-hybridized carbons (Fsp3) is 0.500. The zero-order valence-corrected chi connectivity index (χ0v) is 14.2. The summed E-state index contributed by atoms with van der Waals surface area (Å²) in [6, 6.07) is 1.73. The number of pyridine rings is 1. The number of amides is 1. The summed E-state index contributed by atoms with van der Waals surface area (Å²) < 4.78 is 0.787. The summed E-state index contributed by atoms with van der Waals surface area (Å²) in [5.74, 6) is -0.143. The number of carbonyl (C=O) groups is 1. The lowest BCUT2D eigenvalue weighted by Gasteiger charge is -2.26. The standard InChI is InChI=1S/C12H18BrN3O.2ClH/c1-3-12(14,4-2)8-16-11(17)9-5-10(13)7-15-6-9;;/h5-7H,3-4,8,14H2,1-2H3,(H,16,17);2*1H. The normalized spacial score (nSPS) is 10.1. The van der Waals surface area contributed by atoms with Gasteiger partial charge in [-0.25, -0.2) is 0 Å². The largest absolute Gasteiger partial charge is 0.350 e. The predicted molar refractivity (Wildman–Crippen MR) is 86.3 cm³/mol. The van der Waals surface area contributed by atoms with Gasteiger partial charge in [0.15, 0.2) is 0 Å². The van der Waals surface area contributed by atoms with E-state index < -0.39 is 0 Å². The lowest BCUT2D eigenvalue weighted by Crippen LogP contribution is -2.49. The van der Waals surface area contributed by atoms with E-state index in [4.69, 9.17) is 5.73 Å². The number of nitrogens with zero attached hydrogens (tertiary/aromatic N) is 1. The molecule has 0 saturated heterocycles. The van der Waals surface area contributed by atoms with Gasteiger partial charge in [0.1, 0.15) is 0 Å². The zero-order valence-electron chi connectivity index (χ0n) is 11.0. The first-order chi connectivity index (χ1) is 8.00. The minimum atomic E-state index is -0.324. The molecule has 3 N–H and O–H groups in total. The molecule has 0 unspecified atom stereocenters. The van der Waals surface area contributed by atoms with Crippen molar-refractivity contribution in [1.29, 1.82) is 0 Å². The maximum atomic E-state index is 11.8. The lowest BCUT2D eigenvalue weighted by molar-refractivity contribution is 0.0941. The molecule has 0 aromatic carbocycles. The fourth-order valence-corrected chi connectivity index (χ4v) is 1.76. The third-order valence-electron chi connectivity index (χ3n) is 2.98. The highest BCUT2D eigenvalue weighted by molar-refractivity contribution is 9.10. The van der Waals surface area contributed by atoms with Crippen LogP contribution < -0.4 is 11.1 Å². The van der Waals surface area contributed by atoms with E-state index in [2.05, 4.69) is 26.2 Å². The monoisotopic (exact) mass is 371 g/mol. The Labute approximate surface area is 134 Å². The Morgan fingerprint density at radius 1 is 1.37 bits per heavy atom. The molecule has 1 rings (SSSR count). The van der Waals surface area contributed by atoms with E-state index in [9.17, 15) is 4.79 Å². The molecule has 0 aliphatic rings. The summed E-state index contributed by atoms with van der Waals surface area (Å²) in [6.45, 7) is 4.53.